The maximum atomic E-state index is 5.68. The summed E-state index contributed by atoms with van der Waals surface area (Å²) in [6.07, 6.45) is 3.74. The van der Waals surface area contributed by atoms with Crippen molar-refractivity contribution >= 4 is 15.9 Å². The predicted molar refractivity (Wildman–Crippen MR) is 69.9 cm³/mol. The van der Waals surface area contributed by atoms with Crippen molar-refractivity contribution in [2.24, 2.45) is 0 Å². The second kappa shape index (κ2) is 5.51. The average Bonchev–Trinajstić information content (AvgIpc) is 2.84. The van der Waals surface area contributed by atoms with Crippen molar-refractivity contribution in [3.8, 4) is 0 Å². The Morgan fingerprint density at radius 1 is 1.53 bits per heavy atom. The van der Waals surface area contributed by atoms with Crippen LogP contribution in [0.2, 0.25) is 0 Å². The second-order valence-electron chi connectivity index (χ2n) is 3.93. The Kier molecular flexibility index (Phi) is 4.02. The summed E-state index contributed by atoms with van der Waals surface area (Å²) >= 11 is 3.39. The summed E-state index contributed by atoms with van der Waals surface area (Å²) in [4.78, 5) is 0. The highest BCUT2D eigenvalue weighted by atomic mass is 79.9. The molecule has 0 aliphatic carbocycles. The van der Waals surface area contributed by atoms with Crippen molar-refractivity contribution < 1.29 is 4.42 Å². The summed E-state index contributed by atoms with van der Waals surface area (Å²) in [5.74, 6) is 1.94. The van der Waals surface area contributed by atoms with Crippen LogP contribution >= 0.6 is 15.9 Å². The standard InChI is InChI=1S/C12H16BrN3O/c1-3-14-6-12-4-10(9(2)17-12)7-16-8-11(13)5-15-16/h4-5,8,14H,3,6-7H2,1-2H3. The molecule has 4 nitrogen and oxygen atoms in total. The van der Waals surface area contributed by atoms with Gasteiger partial charge in [-0.1, -0.05) is 6.92 Å². The van der Waals surface area contributed by atoms with E-state index in [2.05, 4.69) is 39.3 Å². The lowest BCUT2D eigenvalue weighted by atomic mass is 10.2. The SMILES string of the molecule is CCNCc1cc(Cn2cc(Br)cn2)c(C)o1. The molecule has 0 aliphatic rings. The van der Waals surface area contributed by atoms with Crippen LogP contribution in [-0.2, 0) is 13.1 Å². The average molecular weight is 298 g/mol. The summed E-state index contributed by atoms with van der Waals surface area (Å²) < 4.78 is 8.56. The van der Waals surface area contributed by atoms with Crippen molar-refractivity contribution in [1.82, 2.24) is 15.1 Å². The molecule has 2 aromatic heterocycles. The Morgan fingerprint density at radius 2 is 2.35 bits per heavy atom. The molecule has 17 heavy (non-hydrogen) atoms. The molecule has 0 radical (unpaired) electrons. The molecule has 2 heterocycles. The fourth-order valence-corrected chi connectivity index (χ4v) is 2.01. The second-order valence-corrected chi connectivity index (χ2v) is 4.85. The van der Waals surface area contributed by atoms with Crippen molar-refractivity contribution in [2.75, 3.05) is 6.54 Å². The number of rotatable bonds is 5. The summed E-state index contributed by atoms with van der Waals surface area (Å²) in [5.41, 5.74) is 1.17. The van der Waals surface area contributed by atoms with E-state index in [1.165, 1.54) is 5.56 Å². The highest BCUT2D eigenvalue weighted by molar-refractivity contribution is 9.10. The van der Waals surface area contributed by atoms with E-state index in [-0.39, 0.29) is 0 Å². The monoisotopic (exact) mass is 297 g/mol. The van der Waals surface area contributed by atoms with Gasteiger partial charge in [0.1, 0.15) is 11.5 Å². The van der Waals surface area contributed by atoms with Crippen molar-refractivity contribution in [3.05, 3.63) is 40.0 Å². The summed E-state index contributed by atoms with van der Waals surface area (Å²) in [5, 5.41) is 7.49. The fourth-order valence-electron chi connectivity index (χ4n) is 1.68. The molecule has 0 fully saturated rings. The molecule has 5 heteroatoms. The topological polar surface area (TPSA) is 43.0 Å². The molecule has 0 saturated carbocycles. The Morgan fingerprint density at radius 3 is 3.00 bits per heavy atom. The lowest BCUT2D eigenvalue weighted by molar-refractivity contribution is 0.462. The van der Waals surface area contributed by atoms with Crippen LogP contribution in [-0.4, -0.2) is 16.3 Å². The van der Waals surface area contributed by atoms with Crippen LogP contribution in [0.15, 0.2) is 27.3 Å². The zero-order chi connectivity index (χ0) is 12.3. The van der Waals surface area contributed by atoms with Crippen molar-refractivity contribution in [2.45, 2.75) is 26.9 Å². The van der Waals surface area contributed by atoms with E-state index in [9.17, 15) is 0 Å². The van der Waals surface area contributed by atoms with Gasteiger partial charge < -0.3 is 9.73 Å². The normalized spacial score (nSPS) is 11.0. The Balaban J connectivity index is 2.07. The number of hydrogen-bond acceptors (Lipinski definition) is 3. The van der Waals surface area contributed by atoms with Gasteiger partial charge in [-0.3, -0.25) is 4.68 Å². The van der Waals surface area contributed by atoms with Gasteiger partial charge in [-0.15, -0.1) is 0 Å². The quantitative estimate of drug-likeness (QED) is 0.923. The third kappa shape index (κ3) is 3.20. The minimum atomic E-state index is 0.743. The molecule has 0 atom stereocenters. The van der Waals surface area contributed by atoms with Crippen molar-refractivity contribution in [1.29, 1.82) is 0 Å². The molecular weight excluding hydrogens is 282 g/mol. The lowest BCUT2D eigenvalue weighted by Crippen LogP contribution is -2.10. The summed E-state index contributed by atoms with van der Waals surface area (Å²) in [7, 11) is 0. The van der Waals surface area contributed by atoms with Gasteiger partial charge in [0.2, 0.25) is 0 Å². The number of nitrogens with one attached hydrogen (secondary N) is 1. The molecule has 0 amide bonds. The molecule has 2 rings (SSSR count). The summed E-state index contributed by atoms with van der Waals surface area (Å²) in [6.45, 7) is 6.54. The third-order valence-electron chi connectivity index (χ3n) is 2.55. The first kappa shape index (κ1) is 12.4. The molecule has 92 valence electrons. The number of halogens is 1. The van der Waals surface area contributed by atoms with Crippen LogP contribution in [0.4, 0.5) is 0 Å². The van der Waals surface area contributed by atoms with E-state index < -0.39 is 0 Å². The zero-order valence-electron chi connectivity index (χ0n) is 10.0. The molecule has 1 N–H and O–H groups in total. The van der Waals surface area contributed by atoms with Gasteiger partial charge in [0.05, 0.1) is 23.8 Å². The van der Waals surface area contributed by atoms with E-state index in [1.54, 1.807) is 6.20 Å². The molecule has 2 aromatic rings. The molecular formula is C12H16BrN3O. The minimum Gasteiger partial charge on any atom is -0.465 e. The molecule has 0 saturated heterocycles. The fraction of sp³-hybridized carbons (Fsp3) is 0.417. The van der Waals surface area contributed by atoms with Gasteiger partial charge in [-0.05, 0) is 35.5 Å². The predicted octanol–water partition coefficient (Wildman–Crippen LogP) is 2.70. The van der Waals surface area contributed by atoms with Gasteiger partial charge in [0.15, 0.2) is 0 Å². The van der Waals surface area contributed by atoms with Crippen LogP contribution in [0.5, 0.6) is 0 Å². The first-order chi connectivity index (χ1) is 8.19. The Labute approximate surface area is 109 Å². The van der Waals surface area contributed by atoms with Gasteiger partial charge in [-0.25, -0.2) is 0 Å². The number of furan rings is 1. The van der Waals surface area contributed by atoms with E-state index in [4.69, 9.17) is 4.42 Å². The largest absolute Gasteiger partial charge is 0.465 e. The van der Waals surface area contributed by atoms with E-state index in [1.807, 2.05) is 17.8 Å². The van der Waals surface area contributed by atoms with Crippen LogP contribution in [0.3, 0.4) is 0 Å². The van der Waals surface area contributed by atoms with Crippen LogP contribution < -0.4 is 5.32 Å². The third-order valence-corrected chi connectivity index (χ3v) is 2.96. The van der Waals surface area contributed by atoms with Gasteiger partial charge in [-0.2, -0.15) is 5.10 Å². The number of aryl methyl sites for hydroxylation is 1. The van der Waals surface area contributed by atoms with Gasteiger partial charge in [0.25, 0.3) is 0 Å². The zero-order valence-corrected chi connectivity index (χ0v) is 11.6. The van der Waals surface area contributed by atoms with E-state index in [0.29, 0.717) is 0 Å². The molecule has 0 bridgehead atoms. The van der Waals surface area contributed by atoms with Gasteiger partial charge >= 0.3 is 0 Å². The number of hydrogen-bond donors (Lipinski definition) is 1. The lowest BCUT2D eigenvalue weighted by Gasteiger charge is -1.98. The highest BCUT2D eigenvalue weighted by Gasteiger charge is 2.08. The number of aromatic nitrogens is 2. The summed E-state index contributed by atoms with van der Waals surface area (Å²) in [6, 6.07) is 2.09. The molecule has 0 unspecified atom stereocenters. The number of nitrogens with zero attached hydrogens (tertiary/aromatic N) is 2. The van der Waals surface area contributed by atoms with Crippen LogP contribution in [0, 0.1) is 6.92 Å². The first-order valence-corrected chi connectivity index (χ1v) is 6.45. The van der Waals surface area contributed by atoms with Crippen LogP contribution in [0.1, 0.15) is 24.0 Å². The van der Waals surface area contributed by atoms with E-state index >= 15 is 0 Å². The maximum Gasteiger partial charge on any atom is 0.118 e. The van der Waals surface area contributed by atoms with Crippen LogP contribution in [0.25, 0.3) is 0 Å². The van der Waals surface area contributed by atoms with Crippen molar-refractivity contribution in [3.63, 3.8) is 0 Å². The first-order valence-electron chi connectivity index (χ1n) is 5.66. The smallest absolute Gasteiger partial charge is 0.118 e. The van der Waals surface area contributed by atoms with E-state index in [0.717, 1.165) is 35.6 Å². The molecule has 0 aliphatic heterocycles. The minimum absolute atomic E-state index is 0.743. The maximum absolute atomic E-state index is 5.68. The molecule has 0 spiro atoms. The highest BCUT2D eigenvalue weighted by Crippen LogP contribution is 2.16. The Bertz CT molecular complexity index is 490. The van der Waals surface area contributed by atoms with Gasteiger partial charge in [0, 0.05) is 11.8 Å². The molecule has 0 aromatic carbocycles. The Hall–Kier alpha value is -1.07.